The zero-order valence-corrected chi connectivity index (χ0v) is 17.3. The summed E-state index contributed by atoms with van der Waals surface area (Å²) in [5, 5.41) is 3.26. The molecule has 0 radical (unpaired) electrons. The Bertz CT molecular complexity index is 890. The van der Waals surface area contributed by atoms with Gasteiger partial charge in [-0.15, -0.1) is 0 Å². The van der Waals surface area contributed by atoms with Crippen molar-refractivity contribution in [3.05, 3.63) is 64.7 Å². The Morgan fingerprint density at radius 2 is 1.57 bits per heavy atom. The van der Waals surface area contributed by atoms with Crippen molar-refractivity contribution in [2.24, 2.45) is 0 Å². The number of rotatable bonds is 8. The van der Waals surface area contributed by atoms with Crippen LogP contribution in [0.15, 0.2) is 53.4 Å². The Morgan fingerprint density at radius 3 is 2.21 bits per heavy atom. The lowest BCUT2D eigenvalue weighted by Crippen LogP contribution is -2.25. The SMILES string of the molecule is O=C(CCS(=O)(=O)c1ccc(Cl)cc1)NCc1ccc(CN2CCCC2)cc1. The molecular formula is C21H25ClN2O3S. The minimum absolute atomic E-state index is 0.0714. The molecule has 28 heavy (non-hydrogen) atoms. The van der Waals surface area contributed by atoms with Crippen molar-refractivity contribution >= 4 is 27.3 Å². The summed E-state index contributed by atoms with van der Waals surface area (Å²) >= 11 is 5.78. The van der Waals surface area contributed by atoms with Crippen LogP contribution in [-0.2, 0) is 27.7 Å². The Balaban J connectivity index is 1.44. The molecule has 2 aromatic carbocycles. The van der Waals surface area contributed by atoms with Gasteiger partial charge in [-0.05, 0) is 61.3 Å². The van der Waals surface area contributed by atoms with E-state index >= 15 is 0 Å². The average Bonchev–Trinajstić information content (AvgIpc) is 3.19. The van der Waals surface area contributed by atoms with E-state index in [0.717, 1.165) is 25.2 Å². The van der Waals surface area contributed by atoms with Gasteiger partial charge >= 0.3 is 0 Å². The Labute approximate surface area is 171 Å². The smallest absolute Gasteiger partial charge is 0.221 e. The number of amides is 1. The van der Waals surface area contributed by atoms with Crippen LogP contribution < -0.4 is 5.32 Å². The highest BCUT2D eigenvalue weighted by molar-refractivity contribution is 7.91. The molecule has 1 amide bonds. The molecule has 3 rings (SSSR count). The highest BCUT2D eigenvalue weighted by atomic mass is 35.5. The van der Waals surface area contributed by atoms with Crippen LogP contribution >= 0.6 is 11.6 Å². The van der Waals surface area contributed by atoms with E-state index in [1.54, 1.807) is 0 Å². The molecule has 5 nitrogen and oxygen atoms in total. The fourth-order valence-corrected chi connectivity index (χ4v) is 4.60. The molecule has 1 heterocycles. The van der Waals surface area contributed by atoms with Crippen molar-refractivity contribution in [1.29, 1.82) is 0 Å². The maximum Gasteiger partial charge on any atom is 0.221 e. The summed E-state index contributed by atoms with van der Waals surface area (Å²) < 4.78 is 24.5. The molecule has 1 N–H and O–H groups in total. The van der Waals surface area contributed by atoms with Gasteiger partial charge in [-0.25, -0.2) is 8.42 Å². The van der Waals surface area contributed by atoms with Crippen molar-refractivity contribution in [3.8, 4) is 0 Å². The lowest BCUT2D eigenvalue weighted by molar-refractivity contribution is -0.120. The van der Waals surface area contributed by atoms with Crippen LogP contribution in [0.1, 0.15) is 30.4 Å². The average molecular weight is 421 g/mol. The van der Waals surface area contributed by atoms with Gasteiger partial charge in [0, 0.05) is 24.5 Å². The number of nitrogens with zero attached hydrogens (tertiary/aromatic N) is 1. The Morgan fingerprint density at radius 1 is 0.964 bits per heavy atom. The molecule has 0 atom stereocenters. The number of hydrogen-bond donors (Lipinski definition) is 1. The predicted octanol–water partition coefficient (Wildman–Crippen LogP) is 3.42. The van der Waals surface area contributed by atoms with Crippen molar-refractivity contribution in [2.75, 3.05) is 18.8 Å². The molecule has 0 spiro atoms. The highest BCUT2D eigenvalue weighted by Gasteiger charge is 2.16. The van der Waals surface area contributed by atoms with Gasteiger partial charge in [-0.1, -0.05) is 35.9 Å². The van der Waals surface area contributed by atoms with Crippen LogP contribution in [0.3, 0.4) is 0 Å². The number of likely N-dealkylation sites (tertiary alicyclic amines) is 1. The van der Waals surface area contributed by atoms with E-state index in [4.69, 9.17) is 11.6 Å². The second-order valence-corrected chi connectivity index (χ2v) is 9.64. The van der Waals surface area contributed by atoms with Crippen molar-refractivity contribution in [2.45, 2.75) is 37.2 Å². The van der Waals surface area contributed by atoms with Gasteiger partial charge in [0.1, 0.15) is 0 Å². The summed E-state index contributed by atoms with van der Waals surface area (Å²) in [6.45, 7) is 3.69. The molecule has 150 valence electrons. The maximum atomic E-state index is 12.3. The van der Waals surface area contributed by atoms with Gasteiger partial charge < -0.3 is 5.32 Å². The fourth-order valence-electron chi connectivity index (χ4n) is 3.24. The second-order valence-electron chi connectivity index (χ2n) is 7.10. The monoisotopic (exact) mass is 420 g/mol. The fraction of sp³-hybridized carbons (Fsp3) is 0.381. The number of carbonyl (C=O) groups excluding carboxylic acids is 1. The highest BCUT2D eigenvalue weighted by Crippen LogP contribution is 2.16. The van der Waals surface area contributed by atoms with E-state index < -0.39 is 9.84 Å². The van der Waals surface area contributed by atoms with Gasteiger partial charge in [0.2, 0.25) is 5.91 Å². The summed E-state index contributed by atoms with van der Waals surface area (Å²) in [4.78, 5) is 14.7. The minimum atomic E-state index is -3.50. The van der Waals surface area contributed by atoms with E-state index in [0.29, 0.717) is 11.6 Å². The van der Waals surface area contributed by atoms with Crippen molar-refractivity contribution < 1.29 is 13.2 Å². The summed E-state index contributed by atoms with van der Waals surface area (Å²) in [7, 11) is -3.50. The largest absolute Gasteiger partial charge is 0.352 e. The molecule has 0 aliphatic carbocycles. The van der Waals surface area contributed by atoms with Gasteiger partial charge in [0.05, 0.1) is 10.6 Å². The zero-order chi connectivity index (χ0) is 20.0. The molecule has 7 heteroatoms. The molecule has 0 saturated carbocycles. The molecule has 0 bridgehead atoms. The predicted molar refractivity (Wildman–Crippen MR) is 111 cm³/mol. The van der Waals surface area contributed by atoms with Gasteiger partial charge in [0.15, 0.2) is 9.84 Å². The van der Waals surface area contributed by atoms with Gasteiger partial charge in [-0.2, -0.15) is 0 Å². The number of sulfone groups is 1. The first-order valence-corrected chi connectivity index (χ1v) is 11.5. The summed E-state index contributed by atoms with van der Waals surface area (Å²) in [5.74, 6) is -0.506. The van der Waals surface area contributed by atoms with Crippen LogP contribution in [0, 0.1) is 0 Å². The number of halogens is 1. The first-order valence-electron chi connectivity index (χ1n) is 9.47. The number of benzene rings is 2. The lowest BCUT2D eigenvalue weighted by Gasteiger charge is -2.14. The molecule has 2 aromatic rings. The molecular weight excluding hydrogens is 396 g/mol. The quantitative estimate of drug-likeness (QED) is 0.710. The third-order valence-corrected chi connectivity index (χ3v) is 6.87. The van der Waals surface area contributed by atoms with Crippen LogP contribution in [0.5, 0.6) is 0 Å². The first kappa shape index (κ1) is 20.8. The van der Waals surface area contributed by atoms with E-state index in [1.165, 1.54) is 42.7 Å². The van der Waals surface area contributed by atoms with E-state index in [-0.39, 0.29) is 23.0 Å². The van der Waals surface area contributed by atoms with E-state index in [1.807, 2.05) is 12.1 Å². The topological polar surface area (TPSA) is 66.5 Å². The first-order chi connectivity index (χ1) is 13.4. The summed E-state index contributed by atoms with van der Waals surface area (Å²) in [5.41, 5.74) is 2.27. The molecule has 1 aliphatic heterocycles. The van der Waals surface area contributed by atoms with E-state index in [9.17, 15) is 13.2 Å². The second kappa shape index (κ2) is 9.54. The molecule has 1 fully saturated rings. The van der Waals surface area contributed by atoms with Crippen LogP contribution in [0.2, 0.25) is 5.02 Å². The van der Waals surface area contributed by atoms with Crippen LogP contribution in [0.4, 0.5) is 0 Å². The molecule has 0 aromatic heterocycles. The Kier molecular flexibility index (Phi) is 7.10. The third kappa shape index (κ3) is 6.06. The van der Waals surface area contributed by atoms with E-state index in [2.05, 4.69) is 22.3 Å². The summed E-state index contributed by atoms with van der Waals surface area (Å²) in [6, 6.07) is 14.2. The normalized spacial score (nSPS) is 14.9. The standard InChI is InChI=1S/C21H25ClN2O3S/c22-19-7-9-20(10-8-19)28(26,27)14-11-21(25)23-15-17-3-5-18(6-4-17)16-24-12-1-2-13-24/h3-10H,1-2,11-16H2,(H,23,25). The van der Waals surface area contributed by atoms with Crippen molar-refractivity contribution in [1.82, 2.24) is 10.2 Å². The number of nitrogens with one attached hydrogen (secondary N) is 1. The Hall–Kier alpha value is -1.89. The minimum Gasteiger partial charge on any atom is -0.352 e. The summed E-state index contributed by atoms with van der Waals surface area (Å²) in [6.07, 6.45) is 2.48. The third-order valence-electron chi connectivity index (χ3n) is 4.89. The van der Waals surface area contributed by atoms with Crippen molar-refractivity contribution in [3.63, 3.8) is 0 Å². The number of hydrogen-bond acceptors (Lipinski definition) is 4. The van der Waals surface area contributed by atoms with Gasteiger partial charge in [-0.3, -0.25) is 9.69 Å². The van der Waals surface area contributed by atoms with Crippen LogP contribution in [-0.4, -0.2) is 38.1 Å². The zero-order valence-electron chi connectivity index (χ0n) is 15.7. The molecule has 1 aliphatic rings. The lowest BCUT2D eigenvalue weighted by atomic mass is 10.1. The molecule has 0 unspecified atom stereocenters. The molecule has 1 saturated heterocycles. The van der Waals surface area contributed by atoms with Gasteiger partial charge in [0.25, 0.3) is 0 Å². The van der Waals surface area contributed by atoms with Crippen LogP contribution in [0.25, 0.3) is 0 Å². The number of carbonyl (C=O) groups is 1. The maximum absolute atomic E-state index is 12.3.